The highest BCUT2D eigenvalue weighted by atomic mass is 79.9. The van der Waals surface area contributed by atoms with Gasteiger partial charge in [-0.15, -0.1) is 0 Å². The first kappa shape index (κ1) is 32.0. The highest BCUT2D eigenvalue weighted by molar-refractivity contribution is 9.10. The van der Waals surface area contributed by atoms with Gasteiger partial charge in [-0.2, -0.15) is 0 Å². The predicted molar refractivity (Wildman–Crippen MR) is 178 cm³/mol. The molecule has 0 spiro atoms. The van der Waals surface area contributed by atoms with Gasteiger partial charge in [0.1, 0.15) is 24.1 Å². The van der Waals surface area contributed by atoms with Crippen molar-refractivity contribution >= 4 is 62.5 Å². The van der Waals surface area contributed by atoms with Gasteiger partial charge in [-0.25, -0.2) is 9.79 Å². The number of hydrogen-bond donors (Lipinski definition) is 0. The van der Waals surface area contributed by atoms with E-state index in [2.05, 4.69) is 15.9 Å². The highest BCUT2D eigenvalue weighted by Crippen LogP contribution is 2.38. The molecule has 0 amide bonds. The Balaban J connectivity index is 1.60. The van der Waals surface area contributed by atoms with Gasteiger partial charge in [0, 0.05) is 15.6 Å². The summed E-state index contributed by atoms with van der Waals surface area (Å²) in [5, 5.41) is 1.12. The minimum atomic E-state index is -0.835. The van der Waals surface area contributed by atoms with Crippen LogP contribution >= 0.6 is 50.5 Å². The Morgan fingerprint density at radius 1 is 1.05 bits per heavy atom. The summed E-state index contributed by atoms with van der Waals surface area (Å²) in [4.78, 5) is 32.8. The Morgan fingerprint density at radius 2 is 1.77 bits per heavy atom. The van der Waals surface area contributed by atoms with Crippen LogP contribution in [0.15, 0.2) is 86.2 Å². The Labute approximate surface area is 277 Å². The number of hydrogen-bond acceptors (Lipinski definition) is 7. The number of fused-ring (bicyclic) bond motifs is 1. The van der Waals surface area contributed by atoms with Crippen molar-refractivity contribution in [2.24, 2.45) is 4.99 Å². The quantitative estimate of drug-likeness (QED) is 0.162. The van der Waals surface area contributed by atoms with Crippen molar-refractivity contribution in [2.75, 3.05) is 13.7 Å². The largest absolute Gasteiger partial charge is 0.496 e. The number of esters is 1. The van der Waals surface area contributed by atoms with Crippen LogP contribution in [0.3, 0.4) is 0 Å². The van der Waals surface area contributed by atoms with E-state index in [4.69, 9.17) is 42.4 Å². The molecule has 4 aromatic rings. The maximum Gasteiger partial charge on any atom is 0.338 e. The van der Waals surface area contributed by atoms with Crippen molar-refractivity contribution < 1.29 is 19.0 Å². The first-order chi connectivity index (χ1) is 21.2. The molecule has 2 heterocycles. The summed E-state index contributed by atoms with van der Waals surface area (Å²) in [5.41, 5.74) is 2.94. The molecule has 44 heavy (non-hydrogen) atoms. The Morgan fingerprint density at radius 3 is 2.45 bits per heavy atom. The van der Waals surface area contributed by atoms with Gasteiger partial charge >= 0.3 is 5.97 Å². The average Bonchev–Trinajstić information content (AvgIpc) is 3.31. The third kappa shape index (κ3) is 6.81. The molecule has 228 valence electrons. The number of thiazole rings is 1. The molecule has 0 saturated carbocycles. The average molecular weight is 716 g/mol. The van der Waals surface area contributed by atoms with Gasteiger partial charge in [0.05, 0.1) is 34.0 Å². The van der Waals surface area contributed by atoms with Crippen molar-refractivity contribution in [1.29, 1.82) is 0 Å². The molecule has 0 N–H and O–H groups in total. The molecule has 1 aliphatic heterocycles. The predicted octanol–water partition coefficient (Wildman–Crippen LogP) is 7.24. The zero-order valence-electron chi connectivity index (χ0n) is 24.2. The standard InChI is InChI=1S/C33H29BrCl2N2O5S/c1-4-6-25-29(32(40)42-5-2)30(23-17-22(36)12-14-26(23)41-3)38-31(39)28(44-33(38)37-25)16-20-9-13-27(24(34)15-20)43-18-19-7-10-21(35)11-8-19/h7-17,30H,4-6,18H2,1-3H3/b28-16+/t30-/m0/s1. The van der Waals surface area contributed by atoms with Crippen LogP contribution < -0.4 is 24.4 Å². The minimum absolute atomic E-state index is 0.180. The highest BCUT2D eigenvalue weighted by Gasteiger charge is 2.36. The monoisotopic (exact) mass is 714 g/mol. The molecule has 0 fully saturated rings. The van der Waals surface area contributed by atoms with Crippen molar-refractivity contribution in [3.05, 3.63) is 123 Å². The van der Waals surface area contributed by atoms with E-state index < -0.39 is 12.0 Å². The van der Waals surface area contributed by atoms with E-state index in [0.717, 1.165) is 22.0 Å². The van der Waals surface area contributed by atoms with Crippen molar-refractivity contribution in [3.8, 4) is 11.5 Å². The third-order valence-corrected chi connectivity index (χ3v) is 9.03. The number of benzene rings is 3. The van der Waals surface area contributed by atoms with Crippen LogP contribution in [-0.2, 0) is 16.1 Å². The molecule has 3 aromatic carbocycles. The van der Waals surface area contributed by atoms with Crippen molar-refractivity contribution in [3.63, 3.8) is 0 Å². The lowest BCUT2D eigenvalue weighted by molar-refractivity contribution is -0.139. The van der Waals surface area contributed by atoms with Gasteiger partial charge < -0.3 is 14.2 Å². The lowest BCUT2D eigenvalue weighted by Gasteiger charge is -2.27. The Kier molecular flexibility index (Phi) is 10.3. The van der Waals surface area contributed by atoms with Crippen LogP contribution in [0, 0.1) is 0 Å². The third-order valence-electron chi connectivity index (χ3n) is 6.94. The molecule has 0 saturated heterocycles. The molecule has 1 aliphatic rings. The molecule has 0 bridgehead atoms. The second-order valence-corrected chi connectivity index (χ2v) is 12.6. The molecular formula is C33H29BrCl2N2O5S. The number of methoxy groups -OCH3 is 1. The van der Waals surface area contributed by atoms with Crippen LogP contribution in [0.5, 0.6) is 11.5 Å². The summed E-state index contributed by atoms with van der Waals surface area (Å²) in [5.74, 6) is 0.626. The first-order valence-corrected chi connectivity index (χ1v) is 16.3. The van der Waals surface area contributed by atoms with Gasteiger partial charge in [-0.05, 0) is 88.9 Å². The van der Waals surface area contributed by atoms with Crippen LogP contribution in [0.1, 0.15) is 49.4 Å². The zero-order valence-corrected chi connectivity index (χ0v) is 28.1. The maximum absolute atomic E-state index is 14.1. The number of carbonyl (C=O) groups excluding carboxylic acids is 1. The molecule has 0 unspecified atom stereocenters. The summed E-state index contributed by atoms with van der Waals surface area (Å²) < 4.78 is 19.9. The molecule has 0 aliphatic carbocycles. The molecule has 1 atom stereocenters. The van der Waals surface area contributed by atoms with Gasteiger partial charge in [0.15, 0.2) is 4.80 Å². The van der Waals surface area contributed by atoms with Gasteiger partial charge in [-0.3, -0.25) is 9.36 Å². The number of ether oxygens (including phenoxy) is 3. The van der Waals surface area contributed by atoms with Crippen LogP contribution in [0.4, 0.5) is 0 Å². The molecule has 0 radical (unpaired) electrons. The van der Waals surface area contributed by atoms with E-state index in [1.165, 1.54) is 23.0 Å². The van der Waals surface area contributed by atoms with Crippen LogP contribution in [0.25, 0.3) is 6.08 Å². The second kappa shape index (κ2) is 14.2. The summed E-state index contributed by atoms with van der Waals surface area (Å²) in [6.45, 7) is 4.31. The summed E-state index contributed by atoms with van der Waals surface area (Å²) in [7, 11) is 1.54. The number of nitrogens with zero attached hydrogens (tertiary/aromatic N) is 2. The SMILES string of the molecule is CCCC1=C(C(=O)OCC)[C@H](c2cc(Cl)ccc2OC)n2c(s/c(=C/c3ccc(OCc4ccc(Cl)cc4)c(Br)c3)c2=O)=N1. The second-order valence-electron chi connectivity index (χ2n) is 9.90. The van der Waals surface area contributed by atoms with E-state index in [0.29, 0.717) is 60.7 Å². The van der Waals surface area contributed by atoms with Gasteiger partial charge in [0.2, 0.25) is 0 Å². The smallest absolute Gasteiger partial charge is 0.338 e. The van der Waals surface area contributed by atoms with E-state index >= 15 is 0 Å². The number of halogens is 3. The first-order valence-electron chi connectivity index (χ1n) is 14.0. The van der Waals surface area contributed by atoms with Crippen molar-refractivity contribution in [2.45, 2.75) is 39.3 Å². The number of aromatic nitrogens is 1. The molecule has 7 nitrogen and oxygen atoms in total. The lowest BCUT2D eigenvalue weighted by atomic mass is 9.93. The molecular weight excluding hydrogens is 687 g/mol. The normalized spacial score (nSPS) is 14.7. The number of allylic oxidation sites excluding steroid dienone is 1. The van der Waals surface area contributed by atoms with E-state index in [-0.39, 0.29) is 12.2 Å². The van der Waals surface area contributed by atoms with Crippen LogP contribution in [-0.4, -0.2) is 24.3 Å². The topological polar surface area (TPSA) is 79.1 Å². The maximum atomic E-state index is 14.1. The Hall–Kier alpha value is -3.37. The molecule has 11 heteroatoms. The molecule has 5 rings (SSSR count). The summed E-state index contributed by atoms with van der Waals surface area (Å²) in [6, 6.07) is 17.4. The number of rotatable bonds is 10. The minimum Gasteiger partial charge on any atom is -0.496 e. The van der Waals surface area contributed by atoms with Gasteiger partial charge in [-0.1, -0.05) is 66.1 Å². The van der Waals surface area contributed by atoms with E-state index in [1.807, 2.05) is 49.4 Å². The lowest BCUT2D eigenvalue weighted by Crippen LogP contribution is -2.40. The molecule has 1 aromatic heterocycles. The summed E-state index contributed by atoms with van der Waals surface area (Å²) >= 11 is 17.3. The fourth-order valence-corrected chi connectivity index (χ4v) is 6.79. The fourth-order valence-electron chi connectivity index (χ4n) is 4.95. The van der Waals surface area contributed by atoms with Crippen LogP contribution in [0.2, 0.25) is 10.0 Å². The zero-order chi connectivity index (χ0) is 31.4. The summed E-state index contributed by atoms with van der Waals surface area (Å²) in [6.07, 6.45) is 3.08. The van der Waals surface area contributed by atoms with E-state index in [1.54, 1.807) is 31.2 Å². The Bertz CT molecular complexity index is 1920. The number of carbonyl (C=O) groups is 1. The fraction of sp³-hybridized carbons (Fsp3) is 0.242. The van der Waals surface area contributed by atoms with Gasteiger partial charge in [0.25, 0.3) is 5.56 Å². The van der Waals surface area contributed by atoms with Crippen molar-refractivity contribution in [1.82, 2.24) is 4.57 Å². The van der Waals surface area contributed by atoms with E-state index in [9.17, 15) is 9.59 Å².